The molecule has 2 aromatic rings. The predicted octanol–water partition coefficient (Wildman–Crippen LogP) is 3.57. The van der Waals surface area contributed by atoms with E-state index in [2.05, 4.69) is 5.32 Å². The molecule has 24 heavy (non-hydrogen) atoms. The maximum absolute atomic E-state index is 12.5. The second-order valence-corrected chi connectivity index (χ2v) is 6.50. The largest absolute Gasteiger partial charge is 0.341 e. The van der Waals surface area contributed by atoms with E-state index in [-0.39, 0.29) is 23.7 Å². The topological polar surface area (TPSA) is 49.4 Å². The maximum atomic E-state index is 12.5. The summed E-state index contributed by atoms with van der Waals surface area (Å²) in [6.45, 7) is 0.551. The molecule has 1 aliphatic carbocycles. The van der Waals surface area contributed by atoms with Crippen LogP contribution in [0, 0.1) is 11.8 Å². The van der Waals surface area contributed by atoms with Crippen LogP contribution in [0.3, 0.4) is 0 Å². The molecule has 2 amide bonds. The van der Waals surface area contributed by atoms with Gasteiger partial charge in [0.05, 0.1) is 22.5 Å². The molecule has 2 aromatic carbocycles. The molecule has 5 heteroatoms. The summed E-state index contributed by atoms with van der Waals surface area (Å²) in [5.74, 6) is -0.638. The Morgan fingerprint density at radius 3 is 2.46 bits per heavy atom. The van der Waals surface area contributed by atoms with Crippen molar-refractivity contribution in [3.63, 3.8) is 0 Å². The van der Waals surface area contributed by atoms with Gasteiger partial charge in [0.25, 0.3) is 0 Å². The number of para-hydroxylation sites is 1. The van der Waals surface area contributed by atoms with Crippen LogP contribution in [0.15, 0.2) is 54.6 Å². The van der Waals surface area contributed by atoms with E-state index in [9.17, 15) is 9.59 Å². The van der Waals surface area contributed by atoms with Crippen molar-refractivity contribution in [2.75, 3.05) is 12.4 Å². The van der Waals surface area contributed by atoms with Crippen LogP contribution in [0.1, 0.15) is 12.0 Å². The molecular weight excluding hydrogens is 324 g/mol. The van der Waals surface area contributed by atoms with Crippen molar-refractivity contribution in [2.24, 2.45) is 11.8 Å². The van der Waals surface area contributed by atoms with Crippen LogP contribution in [-0.4, -0.2) is 23.8 Å². The van der Waals surface area contributed by atoms with Crippen molar-refractivity contribution < 1.29 is 9.59 Å². The first kappa shape index (κ1) is 16.5. The van der Waals surface area contributed by atoms with Gasteiger partial charge in [0.1, 0.15) is 0 Å². The van der Waals surface area contributed by atoms with Gasteiger partial charge in [0.15, 0.2) is 0 Å². The van der Waals surface area contributed by atoms with Crippen LogP contribution < -0.4 is 5.32 Å². The summed E-state index contributed by atoms with van der Waals surface area (Å²) in [5.41, 5.74) is 1.66. The Labute approximate surface area is 146 Å². The monoisotopic (exact) mass is 342 g/mol. The summed E-state index contributed by atoms with van der Waals surface area (Å²) in [5, 5.41) is 3.30. The number of carbonyl (C=O) groups is 2. The molecule has 1 N–H and O–H groups in total. The Morgan fingerprint density at radius 2 is 1.75 bits per heavy atom. The number of carbonyl (C=O) groups excluding carboxylic acids is 2. The molecule has 3 rings (SSSR count). The number of hydrogen-bond acceptors (Lipinski definition) is 2. The first-order valence-electron chi connectivity index (χ1n) is 7.90. The number of nitrogens with one attached hydrogen (secondary N) is 1. The van der Waals surface area contributed by atoms with Crippen LogP contribution in [0.2, 0.25) is 5.02 Å². The molecule has 0 saturated heterocycles. The molecule has 1 saturated carbocycles. The van der Waals surface area contributed by atoms with Crippen molar-refractivity contribution in [3.8, 4) is 0 Å². The lowest BCUT2D eigenvalue weighted by atomic mass is 10.2. The second kappa shape index (κ2) is 7.05. The highest BCUT2D eigenvalue weighted by Gasteiger charge is 2.49. The maximum Gasteiger partial charge on any atom is 0.228 e. The lowest BCUT2D eigenvalue weighted by Crippen LogP contribution is -2.29. The molecular formula is C19H19ClN2O2. The van der Waals surface area contributed by atoms with Crippen molar-refractivity contribution >= 4 is 29.1 Å². The Morgan fingerprint density at radius 1 is 1.08 bits per heavy atom. The van der Waals surface area contributed by atoms with E-state index in [1.807, 2.05) is 36.4 Å². The quantitative estimate of drug-likeness (QED) is 0.903. The summed E-state index contributed by atoms with van der Waals surface area (Å²) in [6.07, 6.45) is 0.592. The number of nitrogens with zero attached hydrogens (tertiary/aromatic N) is 1. The van der Waals surface area contributed by atoms with Crippen molar-refractivity contribution in [2.45, 2.75) is 13.0 Å². The van der Waals surface area contributed by atoms with E-state index in [0.29, 0.717) is 23.7 Å². The number of rotatable bonds is 5. The zero-order valence-electron chi connectivity index (χ0n) is 13.4. The summed E-state index contributed by atoms with van der Waals surface area (Å²) < 4.78 is 0. The smallest absolute Gasteiger partial charge is 0.228 e. The number of anilines is 1. The van der Waals surface area contributed by atoms with Gasteiger partial charge in [-0.2, -0.15) is 0 Å². The third kappa shape index (κ3) is 3.77. The Bertz CT molecular complexity index is 748. The summed E-state index contributed by atoms with van der Waals surface area (Å²) in [4.78, 5) is 26.4. The molecule has 0 bridgehead atoms. The van der Waals surface area contributed by atoms with Crippen LogP contribution in [0.4, 0.5) is 5.69 Å². The molecule has 1 aliphatic rings. The molecule has 0 aliphatic heterocycles. The van der Waals surface area contributed by atoms with E-state index in [1.165, 1.54) is 0 Å². The Hall–Kier alpha value is -2.33. The van der Waals surface area contributed by atoms with Gasteiger partial charge in [-0.3, -0.25) is 9.59 Å². The molecule has 124 valence electrons. The van der Waals surface area contributed by atoms with Gasteiger partial charge in [0.2, 0.25) is 11.8 Å². The van der Waals surface area contributed by atoms with Crippen molar-refractivity contribution in [1.29, 1.82) is 0 Å². The first-order chi connectivity index (χ1) is 11.6. The van der Waals surface area contributed by atoms with E-state index >= 15 is 0 Å². The molecule has 2 unspecified atom stereocenters. The number of halogens is 1. The van der Waals surface area contributed by atoms with E-state index in [0.717, 1.165) is 5.56 Å². The molecule has 0 aromatic heterocycles. The fraction of sp³-hybridized carbons (Fsp3) is 0.263. The van der Waals surface area contributed by atoms with Gasteiger partial charge in [-0.05, 0) is 24.1 Å². The normalized spacial score (nSPS) is 18.8. The van der Waals surface area contributed by atoms with Crippen LogP contribution in [0.5, 0.6) is 0 Å². The summed E-state index contributed by atoms with van der Waals surface area (Å²) in [6, 6.07) is 16.9. The highest BCUT2D eigenvalue weighted by atomic mass is 35.5. The minimum atomic E-state index is -0.271. The molecule has 4 nitrogen and oxygen atoms in total. The van der Waals surface area contributed by atoms with Crippen LogP contribution in [0.25, 0.3) is 0 Å². The third-order valence-electron chi connectivity index (χ3n) is 4.21. The zero-order chi connectivity index (χ0) is 17.1. The average molecular weight is 343 g/mol. The van der Waals surface area contributed by atoms with Crippen LogP contribution >= 0.6 is 11.6 Å². The van der Waals surface area contributed by atoms with Gasteiger partial charge in [0, 0.05) is 13.6 Å². The highest BCUT2D eigenvalue weighted by molar-refractivity contribution is 6.33. The minimum absolute atomic E-state index is 0.0122. The first-order valence-corrected chi connectivity index (χ1v) is 8.28. The highest BCUT2D eigenvalue weighted by Crippen LogP contribution is 2.41. The molecule has 2 atom stereocenters. The molecule has 0 spiro atoms. The second-order valence-electron chi connectivity index (χ2n) is 6.10. The lowest BCUT2D eigenvalue weighted by molar-refractivity contribution is -0.133. The Kier molecular flexibility index (Phi) is 4.86. The standard InChI is InChI=1S/C19H19ClN2O2/c1-22(12-13-7-3-2-4-8-13)19(24)15-11-14(15)18(23)21-17-10-6-5-9-16(17)20/h2-10,14-15H,11-12H2,1H3,(H,21,23). The molecule has 0 heterocycles. The van der Waals surface area contributed by atoms with Gasteiger partial charge in [-0.15, -0.1) is 0 Å². The fourth-order valence-corrected chi connectivity index (χ4v) is 2.95. The Balaban J connectivity index is 1.55. The van der Waals surface area contributed by atoms with Gasteiger partial charge in [-0.1, -0.05) is 54.1 Å². The van der Waals surface area contributed by atoms with Crippen molar-refractivity contribution in [1.82, 2.24) is 4.90 Å². The molecule has 0 radical (unpaired) electrons. The number of amides is 2. The van der Waals surface area contributed by atoms with Crippen molar-refractivity contribution in [3.05, 3.63) is 65.2 Å². The molecule has 1 fully saturated rings. The summed E-state index contributed by atoms with van der Waals surface area (Å²) >= 11 is 6.04. The van der Waals surface area contributed by atoms with Gasteiger partial charge in [-0.25, -0.2) is 0 Å². The lowest BCUT2D eigenvalue weighted by Gasteiger charge is -2.17. The van der Waals surface area contributed by atoms with E-state index < -0.39 is 0 Å². The SMILES string of the molecule is CN(Cc1ccccc1)C(=O)C1CC1C(=O)Nc1ccccc1Cl. The number of hydrogen-bond donors (Lipinski definition) is 1. The van der Waals surface area contributed by atoms with Gasteiger partial charge >= 0.3 is 0 Å². The van der Waals surface area contributed by atoms with E-state index in [1.54, 1.807) is 30.1 Å². The van der Waals surface area contributed by atoms with E-state index in [4.69, 9.17) is 11.6 Å². The van der Waals surface area contributed by atoms with Gasteiger partial charge < -0.3 is 10.2 Å². The zero-order valence-corrected chi connectivity index (χ0v) is 14.2. The predicted molar refractivity (Wildman–Crippen MR) is 94.6 cm³/mol. The third-order valence-corrected chi connectivity index (χ3v) is 4.54. The minimum Gasteiger partial charge on any atom is -0.341 e. The number of benzene rings is 2. The fourth-order valence-electron chi connectivity index (χ4n) is 2.76. The summed E-state index contributed by atoms with van der Waals surface area (Å²) in [7, 11) is 1.77. The average Bonchev–Trinajstić information content (AvgIpc) is 3.38. The van der Waals surface area contributed by atoms with Crippen LogP contribution in [-0.2, 0) is 16.1 Å².